The van der Waals surface area contributed by atoms with Crippen molar-refractivity contribution in [3.63, 3.8) is 0 Å². The zero-order valence-electron chi connectivity index (χ0n) is 24.3. The molecule has 45 heavy (non-hydrogen) atoms. The highest BCUT2D eigenvalue weighted by atomic mass is 15.0. The van der Waals surface area contributed by atoms with Crippen molar-refractivity contribution in [2.45, 2.75) is 0 Å². The van der Waals surface area contributed by atoms with Crippen LogP contribution in [-0.4, -0.2) is 24.3 Å². The molecule has 0 saturated heterocycles. The lowest BCUT2D eigenvalue weighted by Crippen LogP contribution is -2.01. The van der Waals surface area contributed by atoms with E-state index >= 15 is 0 Å². The Bertz CT molecular complexity index is 2200. The van der Waals surface area contributed by atoms with Gasteiger partial charge < -0.3 is 0 Å². The van der Waals surface area contributed by atoms with Gasteiger partial charge in [0.25, 0.3) is 0 Å². The van der Waals surface area contributed by atoms with Crippen LogP contribution in [-0.2, 0) is 0 Å². The Kier molecular flexibility index (Phi) is 6.74. The number of hydrogen-bond acceptors (Lipinski definition) is 4. The van der Waals surface area contributed by atoms with E-state index in [1.165, 1.54) is 0 Å². The largest absolute Gasteiger partial charge is 0.299 e. The minimum absolute atomic E-state index is 0.626. The lowest BCUT2D eigenvalue weighted by molar-refractivity contribution is 1.07. The molecular formula is C40H27N5. The summed E-state index contributed by atoms with van der Waals surface area (Å²) in [4.78, 5) is 20.0. The van der Waals surface area contributed by atoms with Gasteiger partial charge in [-0.05, 0) is 29.3 Å². The summed E-state index contributed by atoms with van der Waals surface area (Å²) in [5, 5.41) is 0. The summed E-state index contributed by atoms with van der Waals surface area (Å²) in [5.41, 5.74) is 9.97. The molecule has 0 aliphatic heterocycles. The predicted molar refractivity (Wildman–Crippen MR) is 181 cm³/mol. The van der Waals surface area contributed by atoms with Gasteiger partial charge in [-0.2, -0.15) is 0 Å². The van der Waals surface area contributed by atoms with E-state index in [4.69, 9.17) is 19.9 Å². The molecule has 0 bridgehead atoms. The third-order valence-corrected chi connectivity index (χ3v) is 7.89. The van der Waals surface area contributed by atoms with Crippen LogP contribution in [0.15, 0.2) is 164 Å². The van der Waals surface area contributed by atoms with E-state index in [0.29, 0.717) is 17.5 Å². The maximum Gasteiger partial charge on any atom is 0.164 e. The van der Waals surface area contributed by atoms with Gasteiger partial charge in [-0.15, -0.1) is 0 Å². The highest BCUT2D eigenvalue weighted by Crippen LogP contribution is 2.37. The van der Waals surface area contributed by atoms with Crippen molar-refractivity contribution in [3.8, 4) is 67.8 Å². The summed E-state index contributed by atoms with van der Waals surface area (Å²) in [6.45, 7) is 0. The molecule has 3 aromatic heterocycles. The van der Waals surface area contributed by atoms with Crippen molar-refractivity contribution in [1.82, 2.24) is 24.3 Å². The van der Waals surface area contributed by atoms with Crippen molar-refractivity contribution in [2.24, 2.45) is 0 Å². The summed E-state index contributed by atoms with van der Waals surface area (Å²) >= 11 is 0. The van der Waals surface area contributed by atoms with E-state index < -0.39 is 0 Å². The third kappa shape index (κ3) is 5.07. The predicted octanol–water partition coefficient (Wildman–Crippen LogP) is 9.52. The minimum atomic E-state index is 0.626. The SMILES string of the molecule is c1ccc(-c2nc(-c3ccccc3)nc(-c3ccccc3-c3cccc(-c4nc5ccccn5c4-c4ccccc4)c3)n2)cc1. The van der Waals surface area contributed by atoms with Crippen LogP contribution in [0.25, 0.3) is 73.5 Å². The molecule has 5 aromatic carbocycles. The number of aromatic nitrogens is 5. The smallest absolute Gasteiger partial charge is 0.164 e. The average molecular weight is 578 g/mol. The first-order valence-corrected chi connectivity index (χ1v) is 14.9. The molecule has 0 spiro atoms. The van der Waals surface area contributed by atoms with Crippen molar-refractivity contribution in [1.29, 1.82) is 0 Å². The molecule has 8 rings (SSSR count). The van der Waals surface area contributed by atoms with Gasteiger partial charge in [0, 0.05) is 34.0 Å². The topological polar surface area (TPSA) is 56.0 Å². The van der Waals surface area contributed by atoms with E-state index in [9.17, 15) is 0 Å². The molecule has 0 aliphatic carbocycles. The zero-order valence-corrected chi connectivity index (χ0v) is 24.3. The van der Waals surface area contributed by atoms with Crippen LogP contribution >= 0.6 is 0 Å². The quantitative estimate of drug-likeness (QED) is 0.197. The minimum Gasteiger partial charge on any atom is -0.299 e. The number of hydrogen-bond donors (Lipinski definition) is 0. The lowest BCUT2D eigenvalue weighted by Gasteiger charge is -2.13. The molecule has 0 saturated carbocycles. The summed E-state index contributed by atoms with van der Waals surface area (Å²) in [6.07, 6.45) is 2.07. The second-order valence-corrected chi connectivity index (χ2v) is 10.8. The second-order valence-electron chi connectivity index (χ2n) is 10.8. The fourth-order valence-electron chi connectivity index (χ4n) is 5.76. The number of fused-ring (bicyclic) bond motifs is 1. The highest BCUT2D eigenvalue weighted by Gasteiger charge is 2.18. The van der Waals surface area contributed by atoms with Crippen LogP contribution in [0.5, 0.6) is 0 Å². The first kappa shape index (κ1) is 26.4. The molecule has 0 aliphatic rings. The van der Waals surface area contributed by atoms with Gasteiger partial charge in [-0.25, -0.2) is 19.9 Å². The molecule has 5 nitrogen and oxygen atoms in total. The van der Waals surface area contributed by atoms with Crippen molar-refractivity contribution in [2.75, 3.05) is 0 Å². The van der Waals surface area contributed by atoms with Gasteiger partial charge in [0.1, 0.15) is 5.65 Å². The van der Waals surface area contributed by atoms with Crippen LogP contribution in [0, 0.1) is 0 Å². The zero-order chi connectivity index (χ0) is 30.0. The summed E-state index contributed by atoms with van der Waals surface area (Å²) < 4.78 is 2.16. The van der Waals surface area contributed by atoms with Crippen molar-refractivity contribution in [3.05, 3.63) is 164 Å². The molecule has 3 heterocycles. The average Bonchev–Trinajstić information content (AvgIpc) is 3.52. The Morgan fingerprint density at radius 1 is 0.356 bits per heavy atom. The summed E-state index contributed by atoms with van der Waals surface area (Å²) in [6, 6.07) is 53.6. The molecule has 0 fully saturated rings. The van der Waals surface area contributed by atoms with E-state index in [-0.39, 0.29) is 0 Å². The Labute approximate surface area is 261 Å². The molecular weight excluding hydrogens is 550 g/mol. The molecule has 8 aromatic rings. The first-order valence-electron chi connectivity index (χ1n) is 14.9. The normalized spacial score (nSPS) is 11.1. The lowest BCUT2D eigenvalue weighted by atomic mass is 9.96. The summed E-state index contributed by atoms with van der Waals surface area (Å²) in [7, 11) is 0. The fourth-order valence-corrected chi connectivity index (χ4v) is 5.76. The van der Waals surface area contributed by atoms with E-state index in [1.54, 1.807) is 0 Å². The maximum atomic E-state index is 5.10. The number of rotatable bonds is 6. The van der Waals surface area contributed by atoms with E-state index in [2.05, 4.69) is 77.3 Å². The Morgan fingerprint density at radius 3 is 1.53 bits per heavy atom. The van der Waals surface area contributed by atoms with Crippen LogP contribution in [0.3, 0.4) is 0 Å². The molecule has 0 unspecified atom stereocenters. The number of imidazole rings is 1. The Balaban J connectivity index is 1.29. The van der Waals surface area contributed by atoms with Crippen molar-refractivity contribution >= 4 is 5.65 Å². The number of benzene rings is 5. The summed E-state index contributed by atoms with van der Waals surface area (Å²) in [5.74, 6) is 1.90. The first-order chi connectivity index (χ1) is 22.3. The van der Waals surface area contributed by atoms with Crippen molar-refractivity contribution < 1.29 is 0 Å². The van der Waals surface area contributed by atoms with Gasteiger partial charge in [-0.1, -0.05) is 140 Å². The van der Waals surface area contributed by atoms with Crippen LogP contribution in [0.1, 0.15) is 0 Å². The van der Waals surface area contributed by atoms with E-state index in [0.717, 1.165) is 56.0 Å². The second kappa shape index (κ2) is 11.5. The van der Waals surface area contributed by atoms with Gasteiger partial charge in [0.15, 0.2) is 17.5 Å². The molecule has 212 valence electrons. The van der Waals surface area contributed by atoms with Gasteiger partial charge in [0.2, 0.25) is 0 Å². The standard InChI is InChI=1S/C40H27N5/c1-4-15-28(16-5-1)37-36(41-35-25-12-13-26-45(35)37)32-22-14-21-31(27-32)33-23-10-11-24-34(33)40-43-38(29-17-6-2-7-18-29)42-39(44-40)30-19-8-3-9-20-30/h1-27H. The molecule has 0 radical (unpaired) electrons. The van der Waals surface area contributed by atoms with Gasteiger partial charge in [-0.3, -0.25) is 4.40 Å². The highest BCUT2D eigenvalue weighted by molar-refractivity contribution is 5.87. The monoisotopic (exact) mass is 577 g/mol. The third-order valence-electron chi connectivity index (χ3n) is 7.89. The van der Waals surface area contributed by atoms with Crippen LogP contribution in [0.4, 0.5) is 0 Å². The van der Waals surface area contributed by atoms with Gasteiger partial charge in [0.05, 0.1) is 11.4 Å². The van der Waals surface area contributed by atoms with Crippen LogP contribution < -0.4 is 0 Å². The van der Waals surface area contributed by atoms with Crippen LogP contribution in [0.2, 0.25) is 0 Å². The fraction of sp³-hybridized carbons (Fsp3) is 0. The molecule has 0 atom stereocenters. The Hall–Kier alpha value is -6.20. The van der Waals surface area contributed by atoms with Gasteiger partial charge >= 0.3 is 0 Å². The molecule has 0 N–H and O–H groups in total. The number of nitrogens with zero attached hydrogens (tertiary/aromatic N) is 5. The maximum absolute atomic E-state index is 5.10. The molecule has 5 heteroatoms. The van der Waals surface area contributed by atoms with E-state index in [1.807, 2.05) is 91.0 Å². The molecule has 0 amide bonds. The Morgan fingerprint density at radius 2 is 0.867 bits per heavy atom. The number of pyridine rings is 1.